The van der Waals surface area contributed by atoms with Crippen molar-refractivity contribution < 1.29 is 36.9 Å². The number of aryl methyl sites for hydroxylation is 2. The molecule has 1 spiro atoms. The Morgan fingerprint density at radius 3 is 2.25 bits per heavy atom. The zero-order valence-electron chi connectivity index (χ0n) is 21.0. The summed E-state index contributed by atoms with van der Waals surface area (Å²) in [7, 11) is 0. The topological polar surface area (TPSA) is 113 Å². The lowest BCUT2D eigenvalue weighted by molar-refractivity contribution is -0.192. The summed E-state index contributed by atoms with van der Waals surface area (Å²) < 4.78 is 42.5. The molecule has 2 aliphatic heterocycles. The maximum Gasteiger partial charge on any atom is 0.490 e. The lowest BCUT2D eigenvalue weighted by atomic mass is 9.87. The first kappa shape index (κ1) is 27.7. The number of likely N-dealkylation sites (tertiary alicyclic amines) is 2. The number of carbonyl (C=O) groups is 2. The van der Waals surface area contributed by atoms with E-state index in [1.54, 1.807) is 0 Å². The molecular formula is C24H33F3N4O5. The minimum absolute atomic E-state index is 0.0253. The molecule has 2 fully saturated rings. The number of rotatable bonds is 4. The van der Waals surface area contributed by atoms with Gasteiger partial charge in [-0.3, -0.25) is 9.69 Å². The molecule has 0 saturated carbocycles. The number of carboxylic acid groups (broad SMARTS) is 1. The average molecular weight is 515 g/mol. The Bertz CT molecular complexity index is 1050. The van der Waals surface area contributed by atoms with Gasteiger partial charge >= 0.3 is 12.1 Å². The predicted molar refractivity (Wildman–Crippen MR) is 122 cm³/mol. The fourth-order valence-corrected chi connectivity index (χ4v) is 4.92. The van der Waals surface area contributed by atoms with E-state index in [9.17, 15) is 18.0 Å². The second-order valence-corrected chi connectivity index (χ2v) is 9.79. The van der Waals surface area contributed by atoms with Gasteiger partial charge in [0, 0.05) is 42.7 Å². The number of carbonyl (C=O) groups excluding carboxylic acids is 1. The van der Waals surface area contributed by atoms with E-state index in [0.29, 0.717) is 5.69 Å². The standard InChI is InChI=1S/C22H32N4O3.C2HF3O2/c1-15(2)20-13-19(24-29-20)21(27)26-11-6-8-22(26)7-5-10-25(12-9-22)14-18-16(3)23-28-17(18)4;3-2(4,5)1(6)7/h13,15H,5-12,14H2,1-4H3;(H,6,7). The molecule has 2 aliphatic rings. The molecular weight excluding hydrogens is 481 g/mol. The molecule has 2 aromatic heterocycles. The van der Waals surface area contributed by atoms with E-state index in [-0.39, 0.29) is 17.4 Å². The first-order valence-electron chi connectivity index (χ1n) is 12.1. The first-order valence-corrected chi connectivity index (χ1v) is 12.1. The molecule has 1 unspecified atom stereocenters. The highest BCUT2D eigenvalue weighted by Crippen LogP contribution is 2.39. The minimum atomic E-state index is -5.08. The van der Waals surface area contributed by atoms with Crippen LogP contribution in [0.3, 0.4) is 0 Å². The van der Waals surface area contributed by atoms with Crippen LogP contribution in [0.4, 0.5) is 13.2 Å². The van der Waals surface area contributed by atoms with E-state index in [1.165, 1.54) is 5.56 Å². The van der Waals surface area contributed by atoms with Crippen molar-refractivity contribution >= 4 is 11.9 Å². The molecule has 1 amide bonds. The maximum absolute atomic E-state index is 13.3. The van der Waals surface area contributed by atoms with Gasteiger partial charge in [0.05, 0.1) is 5.69 Å². The van der Waals surface area contributed by atoms with E-state index in [2.05, 4.69) is 20.1 Å². The largest absolute Gasteiger partial charge is 0.490 e. The molecule has 0 aliphatic carbocycles. The zero-order valence-corrected chi connectivity index (χ0v) is 21.0. The van der Waals surface area contributed by atoms with Gasteiger partial charge in [0.2, 0.25) is 0 Å². The minimum Gasteiger partial charge on any atom is -0.475 e. The summed E-state index contributed by atoms with van der Waals surface area (Å²) in [4.78, 5) is 26.7. The molecule has 1 atom stereocenters. The summed E-state index contributed by atoms with van der Waals surface area (Å²) >= 11 is 0. The van der Waals surface area contributed by atoms with Gasteiger partial charge in [0.25, 0.3) is 5.91 Å². The van der Waals surface area contributed by atoms with Crippen LogP contribution in [0.1, 0.15) is 85.1 Å². The van der Waals surface area contributed by atoms with Crippen molar-refractivity contribution in [2.75, 3.05) is 19.6 Å². The van der Waals surface area contributed by atoms with Gasteiger partial charge in [-0.15, -0.1) is 0 Å². The molecule has 4 rings (SSSR count). The number of halogens is 3. The average Bonchev–Trinajstić information content (AvgIpc) is 3.48. The molecule has 0 bridgehead atoms. The normalized spacial score (nSPS) is 20.9. The lowest BCUT2D eigenvalue weighted by Crippen LogP contribution is -2.48. The fraction of sp³-hybridized carbons (Fsp3) is 0.667. The van der Waals surface area contributed by atoms with Crippen LogP contribution in [-0.2, 0) is 11.3 Å². The third-order valence-electron chi connectivity index (χ3n) is 6.97. The number of alkyl halides is 3. The van der Waals surface area contributed by atoms with E-state index >= 15 is 0 Å². The molecule has 2 saturated heterocycles. The lowest BCUT2D eigenvalue weighted by Gasteiger charge is -2.37. The van der Waals surface area contributed by atoms with Crippen molar-refractivity contribution in [3.05, 3.63) is 34.5 Å². The zero-order chi connectivity index (χ0) is 26.7. The molecule has 0 radical (unpaired) electrons. The summed E-state index contributed by atoms with van der Waals surface area (Å²) in [5.41, 5.74) is 2.57. The quantitative estimate of drug-likeness (QED) is 0.625. The fourth-order valence-electron chi connectivity index (χ4n) is 4.92. The van der Waals surface area contributed by atoms with Crippen molar-refractivity contribution in [3.63, 3.8) is 0 Å². The van der Waals surface area contributed by atoms with Crippen LogP contribution in [0.15, 0.2) is 15.1 Å². The van der Waals surface area contributed by atoms with Gasteiger partial charge in [-0.25, -0.2) is 4.79 Å². The maximum atomic E-state index is 13.3. The van der Waals surface area contributed by atoms with Crippen molar-refractivity contribution in [2.24, 2.45) is 0 Å². The van der Waals surface area contributed by atoms with Crippen molar-refractivity contribution in [1.82, 2.24) is 20.1 Å². The Hall–Kier alpha value is -2.89. The number of aliphatic carboxylic acids is 1. The summed E-state index contributed by atoms with van der Waals surface area (Å²) in [5, 5.41) is 15.3. The summed E-state index contributed by atoms with van der Waals surface area (Å²) in [5.74, 6) is -0.823. The monoisotopic (exact) mass is 514 g/mol. The highest BCUT2D eigenvalue weighted by molar-refractivity contribution is 5.93. The molecule has 12 heteroatoms. The van der Waals surface area contributed by atoms with E-state index in [1.807, 2.05) is 33.8 Å². The Kier molecular flexibility index (Phi) is 8.48. The second kappa shape index (κ2) is 11.0. The van der Waals surface area contributed by atoms with Crippen LogP contribution in [0.5, 0.6) is 0 Å². The molecule has 0 aromatic carbocycles. The van der Waals surface area contributed by atoms with E-state index in [0.717, 1.165) is 75.5 Å². The molecule has 1 N–H and O–H groups in total. The summed E-state index contributed by atoms with van der Waals surface area (Å²) in [6, 6.07) is 1.82. The molecule has 36 heavy (non-hydrogen) atoms. The Labute approximate surface area is 207 Å². The second-order valence-electron chi connectivity index (χ2n) is 9.79. The van der Waals surface area contributed by atoms with Gasteiger partial charge in [-0.2, -0.15) is 13.2 Å². The van der Waals surface area contributed by atoms with E-state index in [4.69, 9.17) is 18.9 Å². The van der Waals surface area contributed by atoms with Crippen LogP contribution in [0.2, 0.25) is 0 Å². The first-order chi connectivity index (χ1) is 16.8. The van der Waals surface area contributed by atoms with Gasteiger partial charge in [0.15, 0.2) is 5.69 Å². The van der Waals surface area contributed by atoms with Crippen LogP contribution < -0.4 is 0 Å². The van der Waals surface area contributed by atoms with Gasteiger partial charge in [-0.1, -0.05) is 24.2 Å². The van der Waals surface area contributed by atoms with Crippen molar-refractivity contribution in [1.29, 1.82) is 0 Å². The Morgan fingerprint density at radius 2 is 1.72 bits per heavy atom. The third kappa shape index (κ3) is 6.26. The number of nitrogens with zero attached hydrogens (tertiary/aromatic N) is 4. The van der Waals surface area contributed by atoms with Crippen molar-refractivity contribution in [2.45, 2.75) is 84.0 Å². The van der Waals surface area contributed by atoms with Crippen LogP contribution in [-0.4, -0.2) is 68.4 Å². The van der Waals surface area contributed by atoms with Crippen molar-refractivity contribution in [3.8, 4) is 0 Å². The molecule has 4 heterocycles. The smallest absolute Gasteiger partial charge is 0.475 e. The molecule has 9 nitrogen and oxygen atoms in total. The third-order valence-corrected chi connectivity index (χ3v) is 6.97. The van der Waals surface area contributed by atoms with Gasteiger partial charge < -0.3 is 19.1 Å². The van der Waals surface area contributed by atoms with Crippen LogP contribution >= 0.6 is 0 Å². The van der Waals surface area contributed by atoms with E-state index < -0.39 is 12.1 Å². The number of aromatic nitrogens is 2. The Balaban J connectivity index is 0.000000454. The van der Waals surface area contributed by atoms with Crippen LogP contribution in [0.25, 0.3) is 0 Å². The number of hydrogen-bond donors (Lipinski definition) is 1. The highest BCUT2D eigenvalue weighted by atomic mass is 19.4. The highest BCUT2D eigenvalue weighted by Gasteiger charge is 2.45. The number of carboxylic acids is 1. The van der Waals surface area contributed by atoms with Gasteiger partial charge in [0.1, 0.15) is 11.5 Å². The molecule has 200 valence electrons. The number of hydrogen-bond acceptors (Lipinski definition) is 7. The van der Waals surface area contributed by atoms with Gasteiger partial charge in [-0.05, 0) is 52.5 Å². The SMILES string of the molecule is Cc1noc(C)c1CN1CCCC2(CCCN2C(=O)c2cc(C(C)C)on2)CC1.O=C(O)C(F)(F)F. The Morgan fingerprint density at radius 1 is 1.08 bits per heavy atom. The summed E-state index contributed by atoms with van der Waals surface area (Å²) in [6.07, 6.45) is 0.184. The summed E-state index contributed by atoms with van der Waals surface area (Å²) in [6.45, 7) is 11.8. The predicted octanol–water partition coefficient (Wildman–Crippen LogP) is 4.70. The molecule has 2 aromatic rings. The van der Waals surface area contributed by atoms with Crippen LogP contribution in [0, 0.1) is 13.8 Å². The number of amides is 1.